The van der Waals surface area contributed by atoms with Crippen LogP contribution in [0, 0.1) is 0 Å². The summed E-state index contributed by atoms with van der Waals surface area (Å²) in [4.78, 5) is 25.3. The Kier molecular flexibility index (Phi) is 3.66. The SMILES string of the molecule is CCOC1CC(N2CCC(=O)NC(C)C2=O)C1. The number of hydrogen-bond acceptors (Lipinski definition) is 3. The predicted octanol–water partition coefficient (Wildman–Crippen LogP) is 0.291. The Hall–Kier alpha value is -1.10. The molecule has 2 fully saturated rings. The van der Waals surface area contributed by atoms with Crippen LogP contribution in [0.1, 0.15) is 33.1 Å². The van der Waals surface area contributed by atoms with E-state index >= 15 is 0 Å². The first-order valence-corrected chi connectivity index (χ1v) is 6.33. The minimum Gasteiger partial charge on any atom is -0.378 e. The van der Waals surface area contributed by atoms with Gasteiger partial charge in [-0.1, -0.05) is 0 Å². The summed E-state index contributed by atoms with van der Waals surface area (Å²) >= 11 is 0. The van der Waals surface area contributed by atoms with Gasteiger partial charge in [0.1, 0.15) is 6.04 Å². The number of hydrogen-bond donors (Lipinski definition) is 1. The van der Waals surface area contributed by atoms with Crippen molar-refractivity contribution in [2.45, 2.75) is 51.3 Å². The summed E-state index contributed by atoms with van der Waals surface area (Å²) < 4.78 is 5.49. The van der Waals surface area contributed by atoms with Crippen LogP contribution >= 0.6 is 0 Å². The van der Waals surface area contributed by atoms with E-state index in [9.17, 15) is 9.59 Å². The number of nitrogens with zero attached hydrogens (tertiary/aromatic N) is 1. The molecule has 96 valence electrons. The van der Waals surface area contributed by atoms with E-state index in [1.807, 2.05) is 11.8 Å². The summed E-state index contributed by atoms with van der Waals surface area (Å²) in [5.41, 5.74) is 0. The molecule has 2 aliphatic rings. The maximum absolute atomic E-state index is 12.1. The molecule has 2 rings (SSSR count). The quantitative estimate of drug-likeness (QED) is 0.771. The summed E-state index contributed by atoms with van der Waals surface area (Å²) in [7, 11) is 0. The first kappa shape index (κ1) is 12.4. The molecule has 0 spiro atoms. The summed E-state index contributed by atoms with van der Waals surface area (Å²) in [5.74, 6) is 0.00447. The largest absolute Gasteiger partial charge is 0.378 e. The lowest BCUT2D eigenvalue weighted by atomic mass is 9.87. The van der Waals surface area contributed by atoms with Crippen molar-refractivity contribution in [3.63, 3.8) is 0 Å². The van der Waals surface area contributed by atoms with Crippen LogP contribution < -0.4 is 5.32 Å². The maximum atomic E-state index is 12.1. The summed E-state index contributed by atoms with van der Waals surface area (Å²) in [5, 5.41) is 2.70. The first-order chi connectivity index (χ1) is 8.11. The molecule has 5 nitrogen and oxygen atoms in total. The Balaban J connectivity index is 1.92. The first-order valence-electron chi connectivity index (χ1n) is 6.33. The molecular formula is C12H20N2O3. The van der Waals surface area contributed by atoms with Gasteiger partial charge in [0.15, 0.2) is 0 Å². The fourth-order valence-corrected chi connectivity index (χ4v) is 2.48. The second-order valence-electron chi connectivity index (χ2n) is 4.77. The second kappa shape index (κ2) is 5.04. The Labute approximate surface area is 101 Å². The third-order valence-corrected chi connectivity index (χ3v) is 3.52. The standard InChI is InChI=1S/C12H20N2O3/c1-3-17-10-6-9(7-10)14-5-4-11(15)13-8(2)12(14)16/h8-10H,3-7H2,1-2H3,(H,13,15). The van der Waals surface area contributed by atoms with E-state index in [1.165, 1.54) is 0 Å². The van der Waals surface area contributed by atoms with Gasteiger partial charge < -0.3 is 15.0 Å². The van der Waals surface area contributed by atoms with Crippen molar-refractivity contribution in [3.8, 4) is 0 Å². The van der Waals surface area contributed by atoms with Crippen molar-refractivity contribution in [2.24, 2.45) is 0 Å². The fraction of sp³-hybridized carbons (Fsp3) is 0.833. The monoisotopic (exact) mass is 240 g/mol. The van der Waals surface area contributed by atoms with Crippen LogP contribution in [0.15, 0.2) is 0 Å². The molecule has 1 heterocycles. The number of amides is 2. The zero-order valence-electron chi connectivity index (χ0n) is 10.4. The van der Waals surface area contributed by atoms with Gasteiger partial charge in [-0.25, -0.2) is 0 Å². The van der Waals surface area contributed by atoms with Crippen molar-refractivity contribution in [1.82, 2.24) is 10.2 Å². The summed E-state index contributed by atoms with van der Waals surface area (Å²) in [6.07, 6.45) is 2.51. The number of carbonyl (C=O) groups excluding carboxylic acids is 2. The number of rotatable bonds is 3. The molecule has 0 aromatic heterocycles. The molecule has 1 saturated heterocycles. The summed E-state index contributed by atoms with van der Waals surface area (Å²) in [6.45, 7) is 4.99. The Morgan fingerprint density at radius 2 is 2.12 bits per heavy atom. The van der Waals surface area contributed by atoms with Gasteiger partial charge in [0.2, 0.25) is 11.8 Å². The minimum atomic E-state index is -0.392. The van der Waals surface area contributed by atoms with E-state index in [1.54, 1.807) is 6.92 Å². The Bertz CT molecular complexity index is 313. The Morgan fingerprint density at radius 3 is 2.76 bits per heavy atom. The van der Waals surface area contributed by atoms with E-state index in [4.69, 9.17) is 4.74 Å². The molecule has 1 unspecified atom stereocenters. The predicted molar refractivity (Wildman–Crippen MR) is 62.4 cm³/mol. The third-order valence-electron chi connectivity index (χ3n) is 3.52. The molecule has 0 aromatic carbocycles. The van der Waals surface area contributed by atoms with Gasteiger partial charge in [0, 0.05) is 25.6 Å². The van der Waals surface area contributed by atoms with Gasteiger partial charge in [-0.2, -0.15) is 0 Å². The second-order valence-corrected chi connectivity index (χ2v) is 4.77. The van der Waals surface area contributed by atoms with Gasteiger partial charge in [-0.3, -0.25) is 9.59 Å². The van der Waals surface area contributed by atoms with Gasteiger partial charge in [0.25, 0.3) is 0 Å². The van der Waals surface area contributed by atoms with Gasteiger partial charge in [-0.15, -0.1) is 0 Å². The van der Waals surface area contributed by atoms with Crippen molar-refractivity contribution >= 4 is 11.8 Å². The number of nitrogens with one attached hydrogen (secondary N) is 1. The van der Waals surface area contributed by atoms with E-state index in [2.05, 4.69) is 5.32 Å². The van der Waals surface area contributed by atoms with Gasteiger partial charge in [0.05, 0.1) is 6.10 Å². The van der Waals surface area contributed by atoms with Crippen molar-refractivity contribution in [2.75, 3.05) is 13.2 Å². The Morgan fingerprint density at radius 1 is 1.41 bits per heavy atom. The molecular weight excluding hydrogens is 220 g/mol. The average Bonchev–Trinajstić information content (AvgIpc) is 2.35. The smallest absolute Gasteiger partial charge is 0.245 e. The van der Waals surface area contributed by atoms with Crippen molar-refractivity contribution in [1.29, 1.82) is 0 Å². The van der Waals surface area contributed by atoms with Crippen molar-refractivity contribution in [3.05, 3.63) is 0 Å². The molecule has 1 saturated carbocycles. The van der Waals surface area contributed by atoms with Crippen LogP contribution in [0.25, 0.3) is 0 Å². The molecule has 1 aliphatic carbocycles. The molecule has 2 amide bonds. The highest BCUT2D eigenvalue weighted by Gasteiger charge is 2.39. The van der Waals surface area contributed by atoms with Crippen LogP contribution in [0.4, 0.5) is 0 Å². The lowest BCUT2D eigenvalue weighted by molar-refractivity contribution is -0.140. The van der Waals surface area contributed by atoms with Crippen LogP contribution in [-0.4, -0.2) is 48.1 Å². The lowest BCUT2D eigenvalue weighted by Crippen LogP contribution is -2.53. The van der Waals surface area contributed by atoms with E-state index in [-0.39, 0.29) is 17.9 Å². The lowest BCUT2D eigenvalue weighted by Gasteiger charge is -2.42. The molecule has 1 atom stereocenters. The highest BCUT2D eigenvalue weighted by atomic mass is 16.5. The van der Waals surface area contributed by atoms with Gasteiger partial charge in [-0.05, 0) is 26.7 Å². The zero-order valence-corrected chi connectivity index (χ0v) is 10.4. The number of ether oxygens (including phenoxy) is 1. The topological polar surface area (TPSA) is 58.6 Å². The summed E-state index contributed by atoms with van der Waals surface area (Å²) in [6, 6.07) is -0.134. The zero-order chi connectivity index (χ0) is 12.4. The van der Waals surface area contributed by atoms with Crippen LogP contribution in [0.2, 0.25) is 0 Å². The molecule has 0 aromatic rings. The molecule has 0 radical (unpaired) electrons. The van der Waals surface area contributed by atoms with Crippen molar-refractivity contribution < 1.29 is 14.3 Å². The molecule has 0 bridgehead atoms. The molecule has 17 heavy (non-hydrogen) atoms. The van der Waals surface area contributed by atoms with E-state index in [0.29, 0.717) is 19.1 Å². The van der Waals surface area contributed by atoms with Crippen LogP contribution in [0.5, 0.6) is 0 Å². The highest BCUT2D eigenvalue weighted by Crippen LogP contribution is 2.29. The maximum Gasteiger partial charge on any atom is 0.245 e. The van der Waals surface area contributed by atoms with E-state index in [0.717, 1.165) is 19.4 Å². The fourth-order valence-electron chi connectivity index (χ4n) is 2.48. The van der Waals surface area contributed by atoms with Crippen LogP contribution in [0.3, 0.4) is 0 Å². The average molecular weight is 240 g/mol. The molecule has 1 N–H and O–H groups in total. The minimum absolute atomic E-state index is 0.0333. The van der Waals surface area contributed by atoms with E-state index < -0.39 is 6.04 Å². The normalized spacial score (nSPS) is 34.0. The van der Waals surface area contributed by atoms with Gasteiger partial charge >= 0.3 is 0 Å². The molecule has 5 heteroatoms. The molecule has 1 aliphatic heterocycles. The van der Waals surface area contributed by atoms with Crippen LogP contribution in [-0.2, 0) is 14.3 Å². The third kappa shape index (κ3) is 2.60. The number of carbonyl (C=O) groups is 2. The highest BCUT2D eigenvalue weighted by molar-refractivity contribution is 5.89.